The molecule has 2 aliphatic rings. The average molecular weight is 443 g/mol. The zero-order valence-electron chi connectivity index (χ0n) is 18.3. The van der Waals surface area contributed by atoms with Gasteiger partial charge in [-0.1, -0.05) is 24.3 Å². The Bertz CT molecular complexity index is 969. The molecule has 2 aromatic carbocycles. The lowest BCUT2D eigenvalue weighted by atomic mass is 9.86. The van der Waals surface area contributed by atoms with E-state index in [2.05, 4.69) is 6.08 Å². The van der Waals surface area contributed by atoms with E-state index >= 15 is 0 Å². The largest absolute Gasteiger partial charge is 0.462 e. The molecule has 0 aromatic heterocycles. The lowest BCUT2D eigenvalue weighted by molar-refractivity contribution is -0.366. The number of methoxy groups -OCH3 is 1. The van der Waals surface area contributed by atoms with E-state index in [1.54, 1.807) is 6.07 Å². The molecule has 172 valence electrons. The van der Waals surface area contributed by atoms with Crippen LogP contribution in [0.1, 0.15) is 35.1 Å². The summed E-state index contributed by atoms with van der Waals surface area (Å²) >= 11 is 0. The van der Waals surface area contributed by atoms with Crippen LogP contribution in [0.15, 0.2) is 54.3 Å². The molecular formula is C25H30O7. The number of hydrogen-bond acceptors (Lipinski definition) is 7. The molecule has 4 rings (SSSR count). The second kappa shape index (κ2) is 9.31. The van der Waals surface area contributed by atoms with Crippen LogP contribution in [0.4, 0.5) is 0 Å². The van der Waals surface area contributed by atoms with Crippen LogP contribution in [0.25, 0.3) is 0 Å². The van der Waals surface area contributed by atoms with Crippen molar-refractivity contribution >= 4 is 0 Å². The van der Waals surface area contributed by atoms with Gasteiger partial charge in [0.1, 0.15) is 35.9 Å². The van der Waals surface area contributed by atoms with Gasteiger partial charge in [-0.3, -0.25) is 0 Å². The monoisotopic (exact) mass is 442 g/mol. The SMILES string of the molecule is CO[C@@]1(c2ccc(C)c(Cc3ccc(OC4=CCC4)cc3)c2)O[C@H](CO)[C@@H](O)[C@H](O)[C@H]1O. The zero-order chi connectivity index (χ0) is 22.9. The van der Waals surface area contributed by atoms with Gasteiger partial charge in [-0.05, 0) is 60.7 Å². The molecule has 0 amide bonds. The van der Waals surface area contributed by atoms with Crippen LogP contribution in [0.3, 0.4) is 0 Å². The van der Waals surface area contributed by atoms with Gasteiger partial charge in [-0.2, -0.15) is 0 Å². The Balaban J connectivity index is 1.60. The number of aliphatic hydroxyl groups is 4. The van der Waals surface area contributed by atoms with Gasteiger partial charge in [-0.25, -0.2) is 0 Å². The molecule has 0 saturated carbocycles. The molecule has 0 unspecified atom stereocenters. The van der Waals surface area contributed by atoms with E-state index in [9.17, 15) is 20.4 Å². The fourth-order valence-electron chi connectivity index (χ4n) is 4.15. The molecule has 1 fully saturated rings. The standard InChI is InChI=1S/C25H30O7/c1-15-6-9-18(25(30-2)24(29)23(28)22(27)21(14-26)32-25)13-17(15)12-16-7-10-20(11-8-16)31-19-4-3-5-19/h4,6-11,13,21-24,26-29H,3,5,12,14H2,1-2H3/t21-,22-,23+,24-,25+/m1/s1. The van der Waals surface area contributed by atoms with Gasteiger partial charge in [-0.15, -0.1) is 0 Å². The fourth-order valence-corrected chi connectivity index (χ4v) is 4.15. The molecule has 2 aromatic rings. The van der Waals surface area contributed by atoms with E-state index in [4.69, 9.17) is 14.2 Å². The minimum absolute atomic E-state index is 0.495. The van der Waals surface area contributed by atoms with Gasteiger partial charge in [0.2, 0.25) is 5.79 Å². The van der Waals surface area contributed by atoms with Crippen molar-refractivity contribution in [1.82, 2.24) is 0 Å². The summed E-state index contributed by atoms with van der Waals surface area (Å²) in [5.74, 6) is 0.0957. The molecule has 5 atom stereocenters. The van der Waals surface area contributed by atoms with Crippen molar-refractivity contribution in [2.24, 2.45) is 0 Å². The smallest absolute Gasteiger partial charge is 0.224 e. The number of aliphatic hydroxyl groups excluding tert-OH is 4. The van der Waals surface area contributed by atoms with Gasteiger partial charge in [0.05, 0.1) is 6.61 Å². The quantitative estimate of drug-likeness (QED) is 0.519. The maximum atomic E-state index is 10.7. The number of hydrogen-bond donors (Lipinski definition) is 4. The van der Waals surface area contributed by atoms with E-state index in [1.165, 1.54) is 7.11 Å². The molecule has 1 heterocycles. The number of allylic oxidation sites excluding steroid dienone is 2. The Morgan fingerprint density at radius 2 is 1.78 bits per heavy atom. The molecule has 7 heteroatoms. The van der Waals surface area contributed by atoms with E-state index < -0.39 is 36.8 Å². The maximum absolute atomic E-state index is 10.7. The predicted molar refractivity (Wildman–Crippen MR) is 117 cm³/mol. The first-order chi connectivity index (χ1) is 15.4. The third kappa shape index (κ3) is 4.20. The molecule has 1 saturated heterocycles. The normalized spacial score (nSPS) is 29.9. The van der Waals surface area contributed by atoms with Crippen molar-refractivity contribution in [1.29, 1.82) is 0 Å². The number of benzene rings is 2. The molecule has 0 spiro atoms. The molecule has 0 bridgehead atoms. The summed E-state index contributed by atoms with van der Waals surface area (Å²) < 4.78 is 17.2. The van der Waals surface area contributed by atoms with E-state index in [1.807, 2.05) is 43.3 Å². The summed E-state index contributed by atoms with van der Waals surface area (Å²) in [7, 11) is 1.36. The second-order valence-corrected chi connectivity index (χ2v) is 8.41. The van der Waals surface area contributed by atoms with Crippen LogP contribution in [0, 0.1) is 6.92 Å². The van der Waals surface area contributed by atoms with Gasteiger partial charge >= 0.3 is 0 Å². The lowest BCUT2D eigenvalue weighted by Crippen LogP contribution is -2.64. The minimum atomic E-state index is -1.72. The summed E-state index contributed by atoms with van der Waals surface area (Å²) in [5.41, 5.74) is 3.62. The Labute approximate surface area is 187 Å². The molecular weight excluding hydrogens is 412 g/mol. The van der Waals surface area contributed by atoms with Crippen LogP contribution in [-0.2, 0) is 21.7 Å². The highest BCUT2D eigenvalue weighted by Crippen LogP contribution is 2.40. The predicted octanol–water partition coefficient (Wildman–Crippen LogP) is 1.92. The highest BCUT2D eigenvalue weighted by atomic mass is 16.7. The van der Waals surface area contributed by atoms with Crippen molar-refractivity contribution in [2.45, 2.75) is 56.4 Å². The molecule has 0 radical (unpaired) electrons. The Kier molecular flexibility index (Phi) is 6.67. The van der Waals surface area contributed by atoms with Gasteiger partial charge < -0.3 is 34.6 Å². The van der Waals surface area contributed by atoms with Crippen molar-refractivity contribution in [3.8, 4) is 5.75 Å². The highest BCUT2D eigenvalue weighted by molar-refractivity contribution is 5.39. The van der Waals surface area contributed by atoms with E-state index in [0.29, 0.717) is 12.0 Å². The van der Waals surface area contributed by atoms with Crippen LogP contribution < -0.4 is 4.74 Å². The Hall–Kier alpha value is -2.26. The van der Waals surface area contributed by atoms with Crippen LogP contribution in [0.2, 0.25) is 0 Å². The third-order valence-electron chi connectivity index (χ3n) is 6.33. The second-order valence-electron chi connectivity index (χ2n) is 8.41. The number of aryl methyl sites for hydroxylation is 1. The number of ether oxygens (including phenoxy) is 3. The summed E-state index contributed by atoms with van der Waals surface area (Å²) in [6.45, 7) is 1.46. The minimum Gasteiger partial charge on any atom is -0.462 e. The highest BCUT2D eigenvalue weighted by Gasteiger charge is 2.55. The topological polar surface area (TPSA) is 109 Å². The first-order valence-corrected chi connectivity index (χ1v) is 10.8. The maximum Gasteiger partial charge on any atom is 0.224 e. The first kappa shape index (κ1) is 22.9. The molecule has 1 aliphatic carbocycles. The lowest BCUT2D eigenvalue weighted by Gasteiger charge is -2.47. The Morgan fingerprint density at radius 3 is 2.38 bits per heavy atom. The van der Waals surface area contributed by atoms with Gasteiger partial charge in [0.15, 0.2) is 0 Å². The van der Waals surface area contributed by atoms with Crippen molar-refractivity contribution in [2.75, 3.05) is 13.7 Å². The first-order valence-electron chi connectivity index (χ1n) is 10.8. The summed E-state index contributed by atoms with van der Waals surface area (Å²) in [4.78, 5) is 0. The van der Waals surface area contributed by atoms with Crippen LogP contribution in [-0.4, -0.2) is 58.6 Å². The Morgan fingerprint density at radius 1 is 1.06 bits per heavy atom. The van der Waals surface area contributed by atoms with E-state index in [-0.39, 0.29) is 0 Å². The fraction of sp³-hybridized carbons (Fsp3) is 0.440. The van der Waals surface area contributed by atoms with Crippen molar-refractivity contribution in [3.63, 3.8) is 0 Å². The van der Waals surface area contributed by atoms with Crippen LogP contribution in [0.5, 0.6) is 5.75 Å². The third-order valence-corrected chi connectivity index (χ3v) is 6.33. The van der Waals surface area contributed by atoms with Crippen molar-refractivity contribution in [3.05, 3.63) is 76.6 Å². The van der Waals surface area contributed by atoms with Gasteiger partial charge in [0, 0.05) is 19.1 Å². The average Bonchev–Trinajstić information content (AvgIpc) is 2.78. The molecule has 7 nitrogen and oxygen atoms in total. The van der Waals surface area contributed by atoms with Gasteiger partial charge in [0.25, 0.3) is 0 Å². The summed E-state index contributed by atoms with van der Waals surface area (Å²) in [6.07, 6.45) is -0.857. The number of rotatable bonds is 7. The molecule has 32 heavy (non-hydrogen) atoms. The van der Waals surface area contributed by atoms with Crippen molar-refractivity contribution < 1.29 is 34.6 Å². The summed E-state index contributed by atoms with van der Waals surface area (Å²) in [5, 5.41) is 40.8. The molecule has 4 N–H and O–H groups in total. The van der Waals surface area contributed by atoms with E-state index in [0.717, 1.165) is 41.0 Å². The van der Waals surface area contributed by atoms with Crippen LogP contribution >= 0.6 is 0 Å². The molecule has 1 aliphatic heterocycles. The zero-order valence-corrected chi connectivity index (χ0v) is 18.3. The summed E-state index contributed by atoms with van der Waals surface area (Å²) in [6, 6.07) is 13.4.